The summed E-state index contributed by atoms with van der Waals surface area (Å²) in [6, 6.07) is 13.6. The Morgan fingerprint density at radius 2 is 1.95 bits per heavy atom. The topological polar surface area (TPSA) is 43.2 Å². The lowest BCUT2D eigenvalue weighted by atomic mass is 10.1. The molecule has 0 spiro atoms. The van der Waals surface area contributed by atoms with Gasteiger partial charge in [-0.2, -0.15) is 5.26 Å². The highest BCUT2D eigenvalue weighted by atomic mass is 35.5. The van der Waals surface area contributed by atoms with Crippen molar-refractivity contribution < 1.29 is 0 Å². The second-order valence-electron chi connectivity index (χ2n) is 4.71. The van der Waals surface area contributed by atoms with Crippen molar-refractivity contribution in [2.45, 2.75) is 0 Å². The lowest BCUT2D eigenvalue weighted by Gasteiger charge is -2.36. The maximum atomic E-state index is 9.06. The third-order valence-electron chi connectivity index (χ3n) is 3.43. The molecule has 0 saturated heterocycles. The van der Waals surface area contributed by atoms with Crippen LogP contribution in [0.2, 0.25) is 5.15 Å². The van der Waals surface area contributed by atoms with Crippen molar-refractivity contribution >= 4 is 28.8 Å². The van der Waals surface area contributed by atoms with E-state index in [0.717, 1.165) is 30.3 Å². The Kier molecular flexibility index (Phi) is 3.21. The molecule has 0 unspecified atom stereocenters. The van der Waals surface area contributed by atoms with Crippen molar-refractivity contribution in [1.82, 2.24) is 4.98 Å². The fraction of sp³-hybridized carbons (Fsp3) is 0.200. The number of likely N-dealkylation sites (N-methyl/N-ethyl adjacent to an activating group) is 1. The van der Waals surface area contributed by atoms with E-state index in [4.69, 9.17) is 16.9 Å². The first-order valence-corrected chi connectivity index (χ1v) is 6.72. The summed E-state index contributed by atoms with van der Waals surface area (Å²) in [7, 11) is 2.07. The van der Waals surface area contributed by atoms with E-state index in [1.54, 1.807) is 12.1 Å². The average molecular weight is 285 g/mol. The van der Waals surface area contributed by atoms with Gasteiger partial charge in [0.05, 0.1) is 23.0 Å². The van der Waals surface area contributed by atoms with Gasteiger partial charge in [-0.3, -0.25) is 0 Å². The van der Waals surface area contributed by atoms with Gasteiger partial charge >= 0.3 is 0 Å². The Morgan fingerprint density at radius 3 is 2.70 bits per heavy atom. The Bertz CT molecular complexity index is 693. The summed E-state index contributed by atoms with van der Waals surface area (Å²) >= 11 is 6.00. The van der Waals surface area contributed by atoms with E-state index in [9.17, 15) is 0 Å². The summed E-state index contributed by atoms with van der Waals surface area (Å²) in [4.78, 5) is 8.66. The number of nitriles is 1. The highest BCUT2D eigenvalue weighted by Gasteiger charge is 2.22. The van der Waals surface area contributed by atoms with Crippen molar-refractivity contribution in [2.24, 2.45) is 0 Å². The molecule has 20 heavy (non-hydrogen) atoms. The Balaban J connectivity index is 2.10. The molecule has 0 atom stereocenters. The summed E-state index contributed by atoms with van der Waals surface area (Å²) in [6.45, 7) is 1.71. The molecule has 0 saturated carbocycles. The molecule has 2 heterocycles. The zero-order chi connectivity index (χ0) is 14.1. The van der Waals surface area contributed by atoms with Gasteiger partial charge in [-0.25, -0.2) is 4.98 Å². The quantitative estimate of drug-likeness (QED) is 0.754. The normalized spacial score (nSPS) is 13.8. The zero-order valence-electron chi connectivity index (χ0n) is 11.0. The first kappa shape index (κ1) is 12.8. The molecule has 0 bridgehead atoms. The van der Waals surface area contributed by atoms with Gasteiger partial charge in [-0.05, 0) is 24.3 Å². The van der Waals surface area contributed by atoms with Crippen LogP contribution in [-0.4, -0.2) is 25.1 Å². The number of rotatable bonds is 1. The first-order chi connectivity index (χ1) is 9.69. The predicted octanol–water partition coefficient (Wildman–Crippen LogP) is 3.19. The summed E-state index contributed by atoms with van der Waals surface area (Å²) < 4.78 is 0. The number of nitrogens with zero attached hydrogens (tertiary/aromatic N) is 4. The number of aromatic nitrogens is 1. The van der Waals surface area contributed by atoms with Crippen LogP contribution in [0.25, 0.3) is 0 Å². The van der Waals surface area contributed by atoms with Crippen LogP contribution < -0.4 is 9.80 Å². The van der Waals surface area contributed by atoms with E-state index in [2.05, 4.69) is 40.0 Å². The molecule has 100 valence electrons. The number of hydrogen-bond donors (Lipinski definition) is 0. The molecule has 1 aliphatic rings. The van der Waals surface area contributed by atoms with Crippen LogP contribution >= 0.6 is 11.6 Å². The number of fused-ring (bicyclic) bond motifs is 1. The molecular formula is C15H13ClN4. The van der Waals surface area contributed by atoms with Gasteiger partial charge in [-0.15, -0.1) is 0 Å². The van der Waals surface area contributed by atoms with Gasteiger partial charge in [0.25, 0.3) is 0 Å². The van der Waals surface area contributed by atoms with E-state index in [0.29, 0.717) is 10.7 Å². The average Bonchev–Trinajstić information content (AvgIpc) is 2.47. The largest absolute Gasteiger partial charge is 0.371 e. The highest BCUT2D eigenvalue weighted by Crippen LogP contribution is 2.36. The molecule has 5 heteroatoms. The Hall–Kier alpha value is -2.25. The minimum atomic E-state index is 0.343. The van der Waals surface area contributed by atoms with E-state index in [-0.39, 0.29) is 0 Å². The number of hydrogen-bond acceptors (Lipinski definition) is 4. The first-order valence-electron chi connectivity index (χ1n) is 6.34. The lowest BCUT2D eigenvalue weighted by molar-refractivity contribution is 0.813. The van der Waals surface area contributed by atoms with Crippen LogP contribution in [0.15, 0.2) is 36.4 Å². The fourth-order valence-corrected chi connectivity index (χ4v) is 2.63. The smallest absolute Gasteiger partial charge is 0.136 e. The highest BCUT2D eigenvalue weighted by molar-refractivity contribution is 6.29. The third kappa shape index (κ3) is 2.17. The van der Waals surface area contributed by atoms with Gasteiger partial charge in [0.1, 0.15) is 11.0 Å². The van der Waals surface area contributed by atoms with Gasteiger partial charge in [-0.1, -0.05) is 23.7 Å². The summed E-state index contributed by atoms with van der Waals surface area (Å²) in [5.41, 5.74) is 2.76. The molecule has 2 aromatic rings. The number of para-hydroxylation sites is 2. The Labute approximate surface area is 122 Å². The molecule has 0 fully saturated rings. The summed E-state index contributed by atoms with van der Waals surface area (Å²) in [5.74, 6) is 0.717. The predicted molar refractivity (Wildman–Crippen MR) is 80.7 cm³/mol. The zero-order valence-corrected chi connectivity index (χ0v) is 11.8. The van der Waals surface area contributed by atoms with Crippen LogP contribution in [-0.2, 0) is 0 Å². The summed E-state index contributed by atoms with van der Waals surface area (Å²) in [6.07, 6.45) is 0. The minimum absolute atomic E-state index is 0.343. The minimum Gasteiger partial charge on any atom is -0.371 e. The maximum Gasteiger partial charge on any atom is 0.136 e. The number of benzene rings is 1. The molecule has 0 N–H and O–H groups in total. The van der Waals surface area contributed by atoms with E-state index in [1.165, 1.54) is 0 Å². The van der Waals surface area contributed by atoms with Crippen LogP contribution in [0, 0.1) is 11.3 Å². The van der Waals surface area contributed by atoms with E-state index in [1.807, 2.05) is 12.1 Å². The SMILES string of the molecule is CN1CCN(c2cc(C#N)cc(Cl)n2)c2ccccc21. The molecule has 1 aromatic carbocycles. The van der Waals surface area contributed by atoms with Crippen LogP contribution in [0.4, 0.5) is 17.2 Å². The third-order valence-corrected chi connectivity index (χ3v) is 3.62. The molecule has 1 aliphatic heterocycles. The number of pyridine rings is 1. The maximum absolute atomic E-state index is 9.06. The molecular weight excluding hydrogens is 272 g/mol. The second-order valence-corrected chi connectivity index (χ2v) is 5.10. The Morgan fingerprint density at radius 1 is 1.20 bits per heavy atom. The van der Waals surface area contributed by atoms with Crippen molar-refractivity contribution in [3.05, 3.63) is 47.1 Å². The fourth-order valence-electron chi connectivity index (χ4n) is 2.43. The van der Waals surface area contributed by atoms with Crippen LogP contribution in [0.1, 0.15) is 5.56 Å². The molecule has 4 nitrogen and oxygen atoms in total. The second kappa shape index (κ2) is 5.03. The molecule has 0 radical (unpaired) electrons. The number of anilines is 3. The van der Waals surface area contributed by atoms with Crippen molar-refractivity contribution in [3.8, 4) is 6.07 Å². The van der Waals surface area contributed by atoms with Gasteiger partial charge in [0.15, 0.2) is 0 Å². The lowest BCUT2D eigenvalue weighted by Crippen LogP contribution is -2.36. The molecule has 0 amide bonds. The monoisotopic (exact) mass is 284 g/mol. The standard InChI is InChI=1S/C15H13ClN4/c1-19-6-7-20(13-5-3-2-4-12(13)19)15-9-11(10-17)8-14(16)18-15/h2-5,8-9H,6-7H2,1H3. The van der Waals surface area contributed by atoms with E-state index < -0.39 is 0 Å². The summed E-state index contributed by atoms with van der Waals surface area (Å²) in [5, 5.41) is 9.40. The van der Waals surface area contributed by atoms with Crippen LogP contribution in [0.5, 0.6) is 0 Å². The molecule has 0 aliphatic carbocycles. The molecule has 3 rings (SSSR count). The van der Waals surface area contributed by atoms with Crippen molar-refractivity contribution in [1.29, 1.82) is 5.26 Å². The van der Waals surface area contributed by atoms with Gasteiger partial charge in [0.2, 0.25) is 0 Å². The molecule has 1 aromatic heterocycles. The van der Waals surface area contributed by atoms with Gasteiger partial charge < -0.3 is 9.80 Å². The van der Waals surface area contributed by atoms with Crippen LogP contribution in [0.3, 0.4) is 0 Å². The number of halogens is 1. The van der Waals surface area contributed by atoms with E-state index >= 15 is 0 Å². The van der Waals surface area contributed by atoms with Gasteiger partial charge in [0, 0.05) is 20.1 Å². The van der Waals surface area contributed by atoms with Crippen molar-refractivity contribution in [2.75, 3.05) is 29.9 Å². The van der Waals surface area contributed by atoms with Crippen molar-refractivity contribution in [3.63, 3.8) is 0 Å².